The van der Waals surface area contributed by atoms with E-state index < -0.39 is 5.97 Å². The highest BCUT2D eigenvalue weighted by atomic mass is 17.1. The number of hydrogen-bond acceptors (Lipinski definition) is 5. The van der Waals surface area contributed by atoms with E-state index in [1.54, 1.807) is 0 Å². The van der Waals surface area contributed by atoms with Crippen LogP contribution in [0.25, 0.3) is 0 Å². The minimum absolute atomic E-state index is 0.312. The Morgan fingerprint density at radius 2 is 1.20 bits per heavy atom. The Hall–Kier alpha value is -1.17. The van der Waals surface area contributed by atoms with Crippen LogP contribution in [0.2, 0.25) is 0 Å². The van der Waals surface area contributed by atoms with Crippen LogP contribution in [0.4, 0.5) is 0 Å². The van der Waals surface area contributed by atoms with Gasteiger partial charge in [0.15, 0.2) is 0 Å². The Morgan fingerprint density at radius 3 is 1.85 bits per heavy atom. The molecule has 5 nitrogen and oxygen atoms in total. The molecule has 0 amide bonds. The van der Waals surface area contributed by atoms with Crippen LogP contribution >= 0.6 is 0 Å². The van der Waals surface area contributed by atoms with Crippen molar-refractivity contribution in [2.75, 3.05) is 6.61 Å². The maximum Gasteiger partial charge on any atom is 0.342 e. The normalized spacial score (nSPS) is 20.7. The Balaban J connectivity index is 2.72. The average molecular weight is 579 g/mol. The van der Waals surface area contributed by atoms with Crippen molar-refractivity contribution in [3.63, 3.8) is 0 Å². The molecule has 4 unspecified atom stereocenters. The largest absolute Gasteiger partial charge is 0.342 e. The number of allylic oxidation sites excluding steroid dienone is 4. The van der Waals surface area contributed by atoms with E-state index in [-0.39, 0.29) is 0 Å². The number of rotatable bonds is 28. The number of carbonyl (C=O) groups is 1. The lowest BCUT2D eigenvalue weighted by Crippen LogP contribution is -2.30. The van der Waals surface area contributed by atoms with Gasteiger partial charge in [0, 0.05) is 6.42 Å². The van der Waals surface area contributed by atoms with E-state index in [1.165, 1.54) is 116 Å². The van der Waals surface area contributed by atoms with Crippen molar-refractivity contribution in [2.45, 2.75) is 168 Å². The molecule has 240 valence electrons. The fourth-order valence-electron chi connectivity index (χ4n) is 6.68. The minimum atomic E-state index is -0.519. The Bertz CT molecular complexity index is 646. The molecule has 1 aliphatic rings. The summed E-state index contributed by atoms with van der Waals surface area (Å²) in [5.41, 5.74) is 0. The molecule has 0 heterocycles. The quantitative estimate of drug-likeness (QED) is 0.0418. The highest BCUT2D eigenvalue weighted by molar-refractivity contribution is 5.68. The van der Waals surface area contributed by atoms with Crippen molar-refractivity contribution in [3.05, 3.63) is 24.3 Å². The van der Waals surface area contributed by atoms with Gasteiger partial charge in [-0.3, -0.25) is 5.26 Å². The lowest BCUT2D eigenvalue weighted by Gasteiger charge is -2.39. The van der Waals surface area contributed by atoms with E-state index >= 15 is 0 Å². The molecule has 0 fully saturated rings. The number of unbranched alkanes of at least 4 members (excludes halogenated alkanes) is 16. The van der Waals surface area contributed by atoms with Crippen LogP contribution in [0.5, 0.6) is 0 Å². The third-order valence-corrected chi connectivity index (χ3v) is 9.16. The SMILES string of the molecule is CCCCCCC1C=CC(CCCCCCCC(=O)OO)C(C=CCCCCCCCCOO)C1CCCCCC. The van der Waals surface area contributed by atoms with Crippen LogP contribution in [0.3, 0.4) is 0 Å². The minimum Gasteiger partial charge on any atom is -0.301 e. The topological polar surface area (TPSA) is 76.0 Å². The summed E-state index contributed by atoms with van der Waals surface area (Å²) in [5, 5.41) is 16.9. The van der Waals surface area contributed by atoms with Gasteiger partial charge in [0.1, 0.15) is 0 Å². The zero-order valence-electron chi connectivity index (χ0n) is 26.9. The van der Waals surface area contributed by atoms with Crippen LogP contribution in [0.1, 0.15) is 168 Å². The first-order valence-corrected chi connectivity index (χ1v) is 17.6. The molecular weight excluding hydrogens is 512 g/mol. The molecule has 1 rings (SSSR count). The number of hydrogen-bond donors (Lipinski definition) is 2. The third kappa shape index (κ3) is 19.6. The van der Waals surface area contributed by atoms with Gasteiger partial charge < -0.3 is 4.89 Å². The maximum atomic E-state index is 11.1. The van der Waals surface area contributed by atoms with Gasteiger partial charge in [-0.1, -0.05) is 141 Å². The van der Waals surface area contributed by atoms with Crippen molar-refractivity contribution < 1.29 is 25.1 Å². The van der Waals surface area contributed by atoms with E-state index in [0.717, 1.165) is 43.9 Å². The predicted molar refractivity (Wildman–Crippen MR) is 172 cm³/mol. The summed E-state index contributed by atoms with van der Waals surface area (Å²) in [4.78, 5) is 19.1. The van der Waals surface area contributed by atoms with Crippen molar-refractivity contribution in [1.29, 1.82) is 0 Å². The first kappa shape index (κ1) is 37.9. The second-order valence-corrected chi connectivity index (χ2v) is 12.6. The van der Waals surface area contributed by atoms with E-state index in [1.807, 2.05) is 0 Å². The van der Waals surface area contributed by atoms with Gasteiger partial charge in [0.05, 0.1) is 6.61 Å². The number of carbonyl (C=O) groups excluding carboxylic acids is 1. The fraction of sp³-hybridized carbons (Fsp3) is 0.861. The molecule has 0 radical (unpaired) electrons. The van der Waals surface area contributed by atoms with Gasteiger partial charge in [-0.15, -0.1) is 0 Å². The molecule has 41 heavy (non-hydrogen) atoms. The smallest absolute Gasteiger partial charge is 0.301 e. The van der Waals surface area contributed by atoms with Crippen LogP contribution in [0, 0.1) is 23.7 Å². The monoisotopic (exact) mass is 578 g/mol. The molecule has 0 aromatic rings. The predicted octanol–water partition coefficient (Wildman–Crippen LogP) is 11.5. The standard InChI is InChI=1S/C36H66O5/c1-3-5-7-18-24-32-29-30-33(25-19-14-13-16-22-28-36(37)41-39)35(34(32)26-20-8-6-4-2)27-21-15-11-9-10-12-17-23-31-40-38/h21,27,29-30,32-35,38-39H,3-20,22-26,28,31H2,1-2H3. The third-order valence-electron chi connectivity index (χ3n) is 9.16. The zero-order chi connectivity index (χ0) is 29.8. The second kappa shape index (κ2) is 27.7. The summed E-state index contributed by atoms with van der Waals surface area (Å²) in [6.45, 7) is 5.07. The van der Waals surface area contributed by atoms with Gasteiger partial charge in [0.2, 0.25) is 0 Å². The molecule has 4 atom stereocenters. The summed E-state index contributed by atoms with van der Waals surface area (Å²) in [6.07, 6.45) is 39.2. The van der Waals surface area contributed by atoms with Gasteiger partial charge >= 0.3 is 5.97 Å². The van der Waals surface area contributed by atoms with Gasteiger partial charge in [-0.05, 0) is 68.6 Å². The van der Waals surface area contributed by atoms with E-state index in [9.17, 15) is 4.79 Å². The van der Waals surface area contributed by atoms with Crippen LogP contribution < -0.4 is 0 Å². The first-order valence-electron chi connectivity index (χ1n) is 17.6. The molecule has 5 heteroatoms. The van der Waals surface area contributed by atoms with Crippen molar-refractivity contribution in [3.8, 4) is 0 Å². The first-order chi connectivity index (χ1) is 20.2. The lowest BCUT2D eigenvalue weighted by molar-refractivity contribution is -0.242. The summed E-state index contributed by atoms with van der Waals surface area (Å²) in [6, 6.07) is 0. The Kier molecular flexibility index (Phi) is 25.5. The Morgan fingerprint density at radius 1 is 0.659 bits per heavy atom. The second-order valence-electron chi connectivity index (χ2n) is 12.6. The highest BCUT2D eigenvalue weighted by Crippen LogP contribution is 2.43. The fourth-order valence-corrected chi connectivity index (χ4v) is 6.68. The van der Waals surface area contributed by atoms with Crippen molar-refractivity contribution >= 4 is 5.97 Å². The van der Waals surface area contributed by atoms with Crippen molar-refractivity contribution in [2.24, 2.45) is 23.7 Å². The van der Waals surface area contributed by atoms with E-state index in [4.69, 9.17) is 10.5 Å². The zero-order valence-corrected chi connectivity index (χ0v) is 26.9. The summed E-state index contributed by atoms with van der Waals surface area (Å²) in [7, 11) is 0. The summed E-state index contributed by atoms with van der Waals surface area (Å²) >= 11 is 0. The molecule has 0 spiro atoms. The molecule has 0 bridgehead atoms. The van der Waals surface area contributed by atoms with Gasteiger partial charge in [-0.25, -0.2) is 9.68 Å². The van der Waals surface area contributed by atoms with E-state index in [2.05, 4.69) is 47.9 Å². The highest BCUT2D eigenvalue weighted by Gasteiger charge is 2.33. The molecular formula is C36H66O5. The molecule has 0 aromatic carbocycles. The van der Waals surface area contributed by atoms with Crippen LogP contribution in [0.15, 0.2) is 24.3 Å². The molecule has 0 aromatic heterocycles. The van der Waals surface area contributed by atoms with Crippen molar-refractivity contribution in [1.82, 2.24) is 0 Å². The molecule has 1 aliphatic carbocycles. The van der Waals surface area contributed by atoms with Gasteiger partial charge in [-0.2, -0.15) is 5.26 Å². The summed E-state index contributed by atoms with van der Waals surface area (Å²) < 4.78 is 0. The Labute approximate surface area is 253 Å². The molecule has 2 N–H and O–H groups in total. The van der Waals surface area contributed by atoms with Gasteiger partial charge in [0.25, 0.3) is 0 Å². The lowest BCUT2D eigenvalue weighted by atomic mass is 9.66. The molecule has 0 saturated heterocycles. The average Bonchev–Trinajstić information content (AvgIpc) is 2.99. The molecule has 0 aliphatic heterocycles. The maximum absolute atomic E-state index is 11.1. The van der Waals surface area contributed by atoms with E-state index in [0.29, 0.717) is 24.9 Å². The molecule has 0 saturated carbocycles. The van der Waals surface area contributed by atoms with Crippen LogP contribution in [-0.4, -0.2) is 23.1 Å². The van der Waals surface area contributed by atoms with Crippen LogP contribution in [-0.2, 0) is 14.6 Å². The summed E-state index contributed by atoms with van der Waals surface area (Å²) in [5.74, 6) is 2.30.